The number of carboxylic acid groups (broad SMARTS) is 1. The average molecular weight is 243 g/mol. The monoisotopic (exact) mass is 242 g/mol. The number of carbonyl (C=O) groups is 2. The van der Waals surface area contributed by atoms with E-state index in [1.54, 1.807) is 6.07 Å². The van der Waals surface area contributed by atoms with Crippen molar-refractivity contribution < 1.29 is 19.4 Å². The molecule has 0 saturated heterocycles. The SMILES string of the molecule is COc1ccc(C(Cl)C(C)=O)c(C(=O)O)c1. The molecule has 0 aliphatic carbocycles. The maximum Gasteiger partial charge on any atom is 0.336 e. The third-order valence-electron chi connectivity index (χ3n) is 2.12. The molecule has 0 fully saturated rings. The van der Waals surface area contributed by atoms with Crippen LogP contribution in [-0.2, 0) is 4.79 Å². The molecule has 0 aliphatic rings. The van der Waals surface area contributed by atoms with Crippen LogP contribution in [0.1, 0.15) is 28.2 Å². The zero-order chi connectivity index (χ0) is 12.3. The van der Waals surface area contributed by atoms with E-state index in [0.717, 1.165) is 0 Å². The first-order valence-corrected chi connectivity index (χ1v) is 4.96. The molecule has 1 atom stereocenters. The smallest absolute Gasteiger partial charge is 0.336 e. The lowest BCUT2D eigenvalue weighted by molar-refractivity contribution is -0.116. The molecule has 1 aromatic carbocycles. The summed E-state index contributed by atoms with van der Waals surface area (Å²) in [5.41, 5.74) is 0.261. The van der Waals surface area contributed by atoms with E-state index < -0.39 is 11.3 Å². The Hall–Kier alpha value is -1.55. The van der Waals surface area contributed by atoms with Crippen LogP contribution >= 0.6 is 11.6 Å². The van der Waals surface area contributed by atoms with Gasteiger partial charge < -0.3 is 9.84 Å². The lowest BCUT2D eigenvalue weighted by atomic mass is 10.0. The van der Waals surface area contributed by atoms with E-state index in [1.165, 1.54) is 26.2 Å². The minimum atomic E-state index is -1.14. The standard InChI is InChI=1S/C11H11ClO4/c1-6(13)10(12)8-4-3-7(16-2)5-9(8)11(14)15/h3-5,10H,1-2H3,(H,14,15). The Morgan fingerprint density at radius 2 is 2.06 bits per heavy atom. The van der Waals surface area contributed by atoms with Crippen molar-refractivity contribution in [3.63, 3.8) is 0 Å². The Morgan fingerprint density at radius 1 is 1.44 bits per heavy atom. The third-order valence-corrected chi connectivity index (χ3v) is 2.66. The maximum absolute atomic E-state index is 11.1. The van der Waals surface area contributed by atoms with E-state index in [0.29, 0.717) is 5.75 Å². The zero-order valence-electron chi connectivity index (χ0n) is 8.86. The highest BCUT2D eigenvalue weighted by atomic mass is 35.5. The van der Waals surface area contributed by atoms with Gasteiger partial charge in [-0.25, -0.2) is 4.79 Å². The van der Waals surface area contributed by atoms with Crippen LogP contribution in [0.2, 0.25) is 0 Å². The van der Waals surface area contributed by atoms with Gasteiger partial charge in [0, 0.05) is 0 Å². The van der Waals surface area contributed by atoms with Crippen molar-refractivity contribution in [3.8, 4) is 5.75 Å². The molecule has 4 nitrogen and oxygen atoms in total. The van der Waals surface area contributed by atoms with E-state index in [-0.39, 0.29) is 16.9 Å². The third kappa shape index (κ3) is 2.52. The van der Waals surface area contributed by atoms with Gasteiger partial charge in [0.15, 0.2) is 5.78 Å². The van der Waals surface area contributed by atoms with Crippen molar-refractivity contribution in [2.24, 2.45) is 0 Å². The van der Waals surface area contributed by atoms with Crippen LogP contribution < -0.4 is 4.74 Å². The van der Waals surface area contributed by atoms with Crippen molar-refractivity contribution in [3.05, 3.63) is 29.3 Å². The number of carboxylic acids is 1. The number of ketones is 1. The van der Waals surface area contributed by atoms with Crippen LogP contribution in [0.3, 0.4) is 0 Å². The van der Waals surface area contributed by atoms with Gasteiger partial charge >= 0.3 is 5.97 Å². The molecule has 0 aliphatic heterocycles. The highest BCUT2D eigenvalue weighted by Gasteiger charge is 2.21. The fraction of sp³-hybridized carbons (Fsp3) is 0.273. The molecule has 0 aromatic heterocycles. The number of alkyl halides is 1. The molecule has 0 radical (unpaired) electrons. The summed E-state index contributed by atoms with van der Waals surface area (Å²) in [6, 6.07) is 4.40. The summed E-state index contributed by atoms with van der Waals surface area (Å²) in [5.74, 6) is -1.02. The van der Waals surface area contributed by atoms with Gasteiger partial charge in [-0.1, -0.05) is 6.07 Å². The first kappa shape index (κ1) is 12.5. The summed E-state index contributed by atoms with van der Waals surface area (Å²) in [7, 11) is 1.43. The summed E-state index contributed by atoms with van der Waals surface area (Å²) in [6.07, 6.45) is 0. The van der Waals surface area contributed by atoms with Gasteiger partial charge in [-0.15, -0.1) is 11.6 Å². The molecule has 0 heterocycles. The van der Waals surface area contributed by atoms with E-state index in [9.17, 15) is 9.59 Å². The van der Waals surface area contributed by atoms with Gasteiger partial charge in [-0.2, -0.15) is 0 Å². The first-order valence-electron chi connectivity index (χ1n) is 4.53. The molecule has 1 rings (SSSR count). The van der Waals surface area contributed by atoms with Crippen molar-refractivity contribution >= 4 is 23.4 Å². The Labute approximate surface area is 97.8 Å². The van der Waals surface area contributed by atoms with Crippen LogP contribution in [0, 0.1) is 0 Å². The van der Waals surface area contributed by atoms with Gasteiger partial charge in [0.25, 0.3) is 0 Å². The summed E-state index contributed by atoms with van der Waals surface area (Å²) >= 11 is 5.83. The van der Waals surface area contributed by atoms with Crippen LogP contribution in [0.5, 0.6) is 5.75 Å². The Bertz CT molecular complexity index is 428. The number of hydrogen-bond donors (Lipinski definition) is 1. The largest absolute Gasteiger partial charge is 0.497 e. The zero-order valence-corrected chi connectivity index (χ0v) is 9.62. The van der Waals surface area contributed by atoms with Gasteiger partial charge in [0.05, 0.1) is 12.7 Å². The van der Waals surface area contributed by atoms with Crippen LogP contribution in [0.25, 0.3) is 0 Å². The number of Topliss-reactive ketones (excluding diaryl/α,β-unsaturated/α-hetero) is 1. The Morgan fingerprint density at radius 3 is 2.50 bits per heavy atom. The van der Waals surface area contributed by atoms with E-state index in [1.807, 2.05) is 0 Å². The predicted molar refractivity (Wildman–Crippen MR) is 59.2 cm³/mol. The summed E-state index contributed by atoms with van der Waals surface area (Å²) in [4.78, 5) is 22.1. The van der Waals surface area contributed by atoms with Crippen LogP contribution in [0.15, 0.2) is 18.2 Å². The minimum absolute atomic E-state index is 0.0189. The Balaban J connectivity index is 3.28. The number of carbonyl (C=O) groups excluding carboxylic acids is 1. The predicted octanol–water partition coefficient (Wildman–Crippen LogP) is 2.26. The molecular formula is C11H11ClO4. The summed E-state index contributed by atoms with van der Waals surface area (Å²) in [6.45, 7) is 1.31. The van der Waals surface area contributed by atoms with E-state index in [4.69, 9.17) is 21.4 Å². The molecule has 1 N–H and O–H groups in total. The first-order chi connectivity index (χ1) is 7.47. The van der Waals surface area contributed by atoms with E-state index >= 15 is 0 Å². The van der Waals surface area contributed by atoms with Gasteiger partial charge in [-0.3, -0.25) is 4.79 Å². The van der Waals surface area contributed by atoms with Crippen molar-refractivity contribution in [2.75, 3.05) is 7.11 Å². The van der Waals surface area contributed by atoms with Crippen molar-refractivity contribution in [1.29, 1.82) is 0 Å². The fourth-order valence-electron chi connectivity index (χ4n) is 1.29. The van der Waals surface area contributed by atoms with Crippen molar-refractivity contribution in [1.82, 2.24) is 0 Å². The lowest BCUT2D eigenvalue weighted by Crippen LogP contribution is -2.09. The molecular weight excluding hydrogens is 232 g/mol. The summed E-state index contributed by atoms with van der Waals surface area (Å²) in [5, 5.41) is 8.04. The highest BCUT2D eigenvalue weighted by Crippen LogP contribution is 2.28. The Kier molecular flexibility index (Phi) is 3.90. The molecule has 0 amide bonds. The molecule has 0 bridgehead atoms. The topological polar surface area (TPSA) is 63.6 Å². The molecule has 0 spiro atoms. The van der Waals surface area contributed by atoms with Crippen LogP contribution in [0.4, 0.5) is 0 Å². The minimum Gasteiger partial charge on any atom is -0.497 e. The number of hydrogen-bond acceptors (Lipinski definition) is 3. The van der Waals surface area contributed by atoms with Crippen LogP contribution in [-0.4, -0.2) is 24.0 Å². The molecule has 16 heavy (non-hydrogen) atoms. The number of methoxy groups -OCH3 is 1. The van der Waals surface area contributed by atoms with Crippen molar-refractivity contribution in [2.45, 2.75) is 12.3 Å². The normalized spacial score (nSPS) is 11.9. The highest BCUT2D eigenvalue weighted by molar-refractivity contribution is 6.31. The molecule has 5 heteroatoms. The fourth-order valence-corrected chi connectivity index (χ4v) is 1.48. The second kappa shape index (κ2) is 4.99. The number of aromatic carboxylic acids is 1. The second-order valence-electron chi connectivity index (χ2n) is 3.23. The molecule has 1 unspecified atom stereocenters. The molecule has 1 aromatic rings. The second-order valence-corrected chi connectivity index (χ2v) is 3.67. The number of ether oxygens (including phenoxy) is 1. The number of halogens is 1. The maximum atomic E-state index is 11.1. The number of rotatable bonds is 4. The summed E-state index contributed by atoms with van der Waals surface area (Å²) < 4.78 is 4.91. The van der Waals surface area contributed by atoms with Gasteiger partial charge in [-0.05, 0) is 24.6 Å². The number of benzene rings is 1. The van der Waals surface area contributed by atoms with Gasteiger partial charge in [0.2, 0.25) is 0 Å². The van der Waals surface area contributed by atoms with E-state index in [2.05, 4.69) is 0 Å². The quantitative estimate of drug-likeness (QED) is 0.823. The lowest BCUT2D eigenvalue weighted by Gasteiger charge is -2.11. The molecule has 86 valence electrons. The average Bonchev–Trinajstić information content (AvgIpc) is 2.26. The van der Waals surface area contributed by atoms with Gasteiger partial charge in [0.1, 0.15) is 11.1 Å². The molecule has 0 saturated carbocycles.